The molecule has 0 aliphatic rings. The van der Waals surface area contributed by atoms with E-state index >= 15 is 0 Å². The lowest BCUT2D eigenvalue weighted by atomic mass is 10.2. The van der Waals surface area contributed by atoms with Gasteiger partial charge in [-0.25, -0.2) is 13.1 Å². The molecule has 0 amide bonds. The Morgan fingerprint density at radius 1 is 1.15 bits per heavy atom. The SMILES string of the molecule is CCNCc1cc(S(=O)(=O)NCc2ccccc2)cs1. The molecule has 1 aromatic carbocycles. The van der Waals surface area contributed by atoms with Crippen LogP contribution in [0, 0.1) is 0 Å². The van der Waals surface area contributed by atoms with Crippen molar-refractivity contribution in [3.05, 3.63) is 52.2 Å². The molecule has 4 nitrogen and oxygen atoms in total. The van der Waals surface area contributed by atoms with E-state index in [1.54, 1.807) is 11.4 Å². The highest BCUT2D eigenvalue weighted by atomic mass is 32.2. The fraction of sp³-hybridized carbons (Fsp3) is 0.286. The molecule has 2 rings (SSSR count). The summed E-state index contributed by atoms with van der Waals surface area (Å²) in [6.45, 7) is 3.90. The molecule has 108 valence electrons. The Kier molecular flexibility index (Phi) is 5.31. The summed E-state index contributed by atoms with van der Waals surface area (Å²) in [6, 6.07) is 11.2. The molecule has 2 N–H and O–H groups in total. The summed E-state index contributed by atoms with van der Waals surface area (Å²) in [4.78, 5) is 1.36. The number of nitrogens with one attached hydrogen (secondary N) is 2. The van der Waals surface area contributed by atoms with Gasteiger partial charge in [-0.3, -0.25) is 0 Å². The summed E-state index contributed by atoms with van der Waals surface area (Å²) in [6.07, 6.45) is 0. The second-order valence-corrected chi connectivity index (χ2v) is 7.10. The molecule has 1 heterocycles. The third kappa shape index (κ3) is 4.14. The first-order chi connectivity index (χ1) is 9.62. The predicted octanol–water partition coefficient (Wildman–Crippen LogP) is 2.34. The molecule has 0 aliphatic carbocycles. The standard InChI is InChI=1S/C14H18N2O2S2/c1-2-15-10-13-8-14(11-19-13)20(17,18)16-9-12-6-4-3-5-7-12/h3-8,11,15-16H,2,9-10H2,1H3. The van der Waals surface area contributed by atoms with E-state index in [-0.39, 0.29) is 0 Å². The quantitative estimate of drug-likeness (QED) is 0.825. The Morgan fingerprint density at radius 3 is 2.60 bits per heavy atom. The fourth-order valence-corrected chi connectivity index (χ4v) is 3.96. The van der Waals surface area contributed by atoms with Gasteiger partial charge in [-0.1, -0.05) is 37.3 Å². The van der Waals surface area contributed by atoms with Crippen LogP contribution in [0.15, 0.2) is 46.7 Å². The van der Waals surface area contributed by atoms with Gasteiger partial charge in [0.05, 0.1) is 4.90 Å². The van der Waals surface area contributed by atoms with Crippen LogP contribution in [0.4, 0.5) is 0 Å². The van der Waals surface area contributed by atoms with E-state index in [1.165, 1.54) is 11.3 Å². The Morgan fingerprint density at radius 2 is 1.90 bits per heavy atom. The lowest BCUT2D eigenvalue weighted by Crippen LogP contribution is -2.22. The molecule has 0 radical (unpaired) electrons. The van der Waals surface area contributed by atoms with Crippen LogP contribution in [0.25, 0.3) is 0 Å². The second-order valence-electron chi connectivity index (χ2n) is 4.34. The van der Waals surface area contributed by atoms with Crippen LogP contribution in [0.3, 0.4) is 0 Å². The molecule has 0 saturated heterocycles. The monoisotopic (exact) mass is 310 g/mol. The number of thiophene rings is 1. The Bertz CT molecular complexity index is 636. The lowest BCUT2D eigenvalue weighted by molar-refractivity contribution is 0.581. The highest BCUT2D eigenvalue weighted by Gasteiger charge is 2.15. The minimum absolute atomic E-state index is 0.307. The van der Waals surface area contributed by atoms with E-state index < -0.39 is 10.0 Å². The Balaban J connectivity index is 2.01. The summed E-state index contributed by atoms with van der Waals surface area (Å²) in [5.74, 6) is 0. The molecule has 0 saturated carbocycles. The van der Waals surface area contributed by atoms with Gasteiger partial charge in [0.1, 0.15) is 0 Å². The zero-order valence-corrected chi connectivity index (χ0v) is 12.9. The molecular weight excluding hydrogens is 292 g/mol. The molecule has 0 bridgehead atoms. The van der Waals surface area contributed by atoms with Crippen molar-refractivity contribution in [1.29, 1.82) is 0 Å². The van der Waals surface area contributed by atoms with Crippen LogP contribution in [-0.2, 0) is 23.1 Å². The highest BCUT2D eigenvalue weighted by Crippen LogP contribution is 2.19. The molecule has 0 spiro atoms. The number of hydrogen-bond acceptors (Lipinski definition) is 4. The zero-order chi connectivity index (χ0) is 14.4. The molecular formula is C14H18N2O2S2. The van der Waals surface area contributed by atoms with Crippen molar-refractivity contribution in [2.75, 3.05) is 6.54 Å². The van der Waals surface area contributed by atoms with Crippen molar-refractivity contribution in [3.8, 4) is 0 Å². The summed E-state index contributed by atoms with van der Waals surface area (Å²) in [7, 11) is -3.43. The highest BCUT2D eigenvalue weighted by molar-refractivity contribution is 7.89. The van der Waals surface area contributed by atoms with Gasteiger partial charge in [0.15, 0.2) is 0 Å². The summed E-state index contributed by atoms with van der Waals surface area (Å²) < 4.78 is 27.0. The van der Waals surface area contributed by atoms with Crippen LogP contribution in [0.1, 0.15) is 17.4 Å². The van der Waals surface area contributed by atoms with Crippen molar-refractivity contribution in [1.82, 2.24) is 10.0 Å². The zero-order valence-electron chi connectivity index (χ0n) is 11.3. The Hall–Kier alpha value is -1.21. The predicted molar refractivity (Wildman–Crippen MR) is 82.2 cm³/mol. The smallest absolute Gasteiger partial charge is 0.241 e. The van der Waals surface area contributed by atoms with Crippen molar-refractivity contribution in [2.24, 2.45) is 0 Å². The van der Waals surface area contributed by atoms with E-state index in [1.807, 2.05) is 37.3 Å². The van der Waals surface area contributed by atoms with Gasteiger partial charge in [-0.2, -0.15) is 0 Å². The lowest BCUT2D eigenvalue weighted by Gasteiger charge is -2.04. The first-order valence-corrected chi connectivity index (χ1v) is 8.80. The minimum atomic E-state index is -3.43. The molecule has 1 aromatic heterocycles. The largest absolute Gasteiger partial charge is 0.312 e. The second kappa shape index (κ2) is 6.99. The van der Waals surface area contributed by atoms with Crippen molar-refractivity contribution in [3.63, 3.8) is 0 Å². The normalized spacial score (nSPS) is 11.7. The van der Waals surface area contributed by atoms with Crippen molar-refractivity contribution in [2.45, 2.75) is 24.9 Å². The first kappa shape index (κ1) is 15.2. The molecule has 0 unspecified atom stereocenters. The molecule has 2 aromatic rings. The number of hydrogen-bond donors (Lipinski definition) is 2. The maximum Gasteiger partial charge on any atom is 0.241 e. The van der Waals surface area contributed by atoms with Gasteiger partial charge in [0, 0.05) is 23.3 Å². The summed E-state index contributed by atoms with van der Waals surface area (Å²) in [5, 5.41) is 4.86. The maximum atomic E-state index is 12.2. The van der Waals surface area contributed by atoms with E-state index in [0.29, 0.717) is 18.0 Å². The van der Waals surface area contributed by atoms with Gasteiger partial charge in [-0.15, -0.1) is 11.3 Å². The Labute approximate surface area is 123 Å². The van der Waals surface area contributed by atoms with Crippen LogP contribution in [-0.4, -0.2) is 15.0 Å². The van der Waals surface area contributed by atoms with Gasteiger partial charge < -0.3 is 5.32 Å². The topological polar surface area (TPSA) is 58.2 Å². The third-order valence-electron chi connectivity index (χ3n) is 2.80. The van der Waals surface area contributed by atoms with Crippen LogP contribution < -0.4 is 10.0 Å². The van der Waals surface area contributed by atoms with Gasteiger partial charge in [-0.05, 0) is 18.2 Å². The summed E-state index contributed by atoms with van der Waals surface area (Å²) >= 11 is 1.46. The van der Waals surface area contributed by atoms with Crippen LogP contribution >= 0.6 is 11.3 Å². The fourth-order valence-electron chi connectivity index (χ4n) is 1.70. The average Bonchev–Trinajstić information content (AvgIpc) is 2.94. The van der Waals surface area contributed by atoms with Gasteiger partial charge >= 0.3 is 0 Å². The van der Waals surface area contributed by atoms with E-state index in [4.69, 9.17) is 0 Å². The third-order valence-corrected chi connectivity index (χ3v) is 5.26. The number of sulfonamides is 1. The van der Waals surface area contributed by atoms with Crippen LogP contribution in [0.2, 0.25) is 0 Å². The van der Waals surface area contributed by atoms with Crippen molar-refractivity contribution >= 4 is 21.4 Å². The average molecular weight is 310 g/mol. The minimum Gasteiger partial charge on any atom is -0.312 e. The molecule has 6 heteroatoms. The summed E-state index contributed by atoms with van der Waals surface area (Å²) in [5.41, 5.74) is 0.944. The van der Waals surface area contributed by atoms with Crippen LogP contribution in [0.5, 0.6) is 0 Å². The number of rotatable bonds is 7. The first-order valence-electron chi connectivity index (χ1n) is 6.43. The van der Waals surface area contributed by atoms with Gasteiger partial charge in [0.25, 0.3) is 0 Å². The molecule has 0 fully saturated rings. The molecule has 0 aliphatic heterocycles. The van der Waals surface area contributed by atoms with Gasteiger partial charge in [0.2, 0.25) is 10.0 Å². The van der Waals surface area contributed by atoms with E-state index in [9.17, 15) is 8.42 Å². The number of benzene rings is 1. The molecule has 0 atom stereocenters. The maximum absolute atomic E-state index is 12.2. The molecule has 20 heavy (non-hydrogen) atoms. The van der Waals surface area contributed by atoms with E-state index in [2.05, 4.69) is 10.0 Å². The van der Waals surface area contributed by atoms with E-state index in [0.717, 1.165) is 17.0 Å². The van der Waals surface area contributed by atoms with Crippen molar-refractivity contribution < 1.29 is 8.42 Å².